The summed E-state index contributed by atoms with van der Waals surface area (Å²) in [6.07, 6.45) is 0. The molecule has 1 aliphatic rings. The van der Waals surface area contributed by atoms with Crippen LogP contribution in [-0.2, 0) is 31.3 Å². The van der Waals surface area contributed by atoms with E-state index >= 15 is 0 Å². The largest absolute Gasteiger partial charge is 0.394 e. The predicted molar refractivity (Wildman–Crippen MR) is 72.1 cm³/mol. The van der Waals surface area contributed by atoms with Crippen molar-refractivity contribution in [2.24, 2.45) is 5.92 Å². The predicted octanol–water partition coefficient (Wildman–Crippen LogP) is -1.14. The number of β-lactam (4-membered cyclic amide) rings is 1. The summed E-state index contributed by atoms with van der Waals surface area (Å²) in [5.41, 5.74) is 2.80. The van der Waals surface area contributed by atoms with Crippen LogP contribution in [0.1, 0.15) is 5.56 Å². The minimum atomic E-state index is -4.80. The van der Waals surface area contributed by atoms with Gasteiger partial charge in [0.25, 0.3) is 11.8 Å². The molecule has 0 unspecified atom stereocenters. The second-order valence-corrected chi connectivity index (χ2v) is 5.87. The van der Waals surface area contributed by atoms with E-state index < -0.39 is 40.7 Å². The van der Waals surface area contributed by atoms with Crippen molar-refractivity contribution in [3.05, 3.63) is 35.9 Å². The fraction of sp³-hybridized carbons (Fsp3) is 0.333. The van der Waals surface area contributed by atoms with Crippen LogP contribution in [0.25, 0.3) is 0 Å². The number of hydrogen-bond donors (Lipinski definition) is 3. The Morgan fingerprint density at radius 2 is 1.95 bits per heavy atom. The molecule has 1 aromatic rings. The molecule has 2 atom stereocenters. The van der Waals surface area contributed by atoms with E-state index in [1.165, 1.54) is 0 Å². The van der Waals surface area contributed by atoms with Crippen molar-refractivity contribution in [1.29, 1.82) is 0 Å². The van der Waals surface area contributed by atoms with E-state index in [4.69, 9.17) is 14.5 Å². The maximum absolute atomic E-state index is 11.8. The molecule has 2 amide bonds. The molecule has 9 nitrogen and oxygen atoms in total. The van der Waals surface area contributed by atoms with Gasteiger partial charge in [0.1, 0.15) is 5.92 Å². The Kier molecular flexibility index (Phi) is 4.76. The molecule has 0 radical (unpaired) electrons. The molecule has 10 heteroatoms. The van der Waals surface area contributed by atoms with Gasteiger partial charge in [-0.1, -0.05) is 30.3 Å². The van der Waals surface area contributed by atoms with E-state index in [1.54, 1.807) is 24.3 Å². The number of carbonyl (C=O) groups is 2. The second-order valence-electron chi connectivity index (χ2n) is 4.58. The Hall–Kier alpha value is -2.01. The maximum atomic E-state index is 11.8. The molecule has 1 saturated heterocycles. The molecule has 1 aliphatic heterocycles. The number of aliphatic hydroxyl groups excluding tert-OH is 1. The Morgan fingerprint density at radius 1 is 1.32 bits per heavy atom. The third kappa shape index (κ3) is 3.25. The lowest BCUT2D eigenvalue weighted by atomic mass is 9.90. The summed E-state index contributed by atoms with van der Waals surface area (Å²) in [5, 5.41) is 9.07. The van der Waals surface area contributed by atoms with Gasteiger partial charge in [-0.25, -0.2) is 9.79 Å². The van der Waals surface area contributed by atoms with Gasteiger partial charge in [0.05, 0.1) is 19.3 Å². The first kappa shape index (κ1) is 16.4. The Balaban J connectivity index is 1.92. The third-order valence-electron chi connectivity index (χ3n) is 3.14. The van der Waals surface area contributed by atoms with Crippen LogP contribution in [0.4, 0.5) is 0 Å². The summed E-state index contributed by atoms with van der Waals surface area (Å²) in [6.45, 7) is -0.735. The van der Waals surface area contributed by atoms with E-state index in [2.05, 4.69) is 0 Å². The second kappa shape index (κ2) is 6.40. The topological polar surface area (TPSA) is 133 Å². The molecule has 3 N–H and O–H groups in total. The zero-order valence-electron chi connectivity index (χ0n) is 11.2. The summed E-state index contributed by atoms with van der Waals surface area (Å²) in [7, 11) is -4.80. The first-order valence-electron chi connectivity index (χ1n) is 6.23. The molecule has 2 rings (SSSR count). The molecule has 0 aliphatic carbocycles. The van der Waals surface area contributed by atoms with Gasteiger partial charge in [-0.05, 0) is 5.56 Å². The number of benzene rings is 1. The van der Waals surface area contributed by atoms with Crippen LogP contribution in [0.5, 0.6) is 0 Å². The lowest BCUT2D eigenvalue weighted by Gasteiger charge is -2.41. The number of hydrogen-bond acceptors (Lipinski definition) is 6. The molecule has 1 heterocycles. The van der Waals surface area contributed by atoms with Crippen LogP contribution in [0, 0.1) is 5.92 Å². The van der Waals surface area contributed by atoms with Crippen molar-refractivity contribution in [2.75, 3.05) is 6.61 Å². The summed E-state index contributed by atoms with van der Waals surface area (Å²) in [4.78, 5) is 28.3. The molecule has 0 saturated carbocycles. The standard InChI is InChI=1S/C12H14N2O7S/c15-6-9-10(12(17)14(9)22(18,19)20)11(16)13-21-7-8-4-2-1-3-5-8/h1-5,9-10,15H,6-7H2,(H,13,16)(H,18,19,20)/t9-,10+/m1/s1. The molecule has 0 spiro atoms. The van der Waals surface area contributed by atoms with E-state index in [0.29, 0.717) is 0 Å². The molecular formula is C12H14N2O7S. The van der Waals surface area contributed by atoms with Crippen molar-refractivity contribution in [3.63, 3.8) is 0 Å². The average Bonchev–Trinajstić information content (AvgIpc) is 2.44. The smallest absolute Gasteiger partial charge is 0.362 e. The molecule has 120 valence electrons. The number of carbonyl (C=O) groups excluding carboxylic acids is 2. The Labute approximate surface area is 126 Å². The number of hydroxylamine groups is 1. The minimum Gasteiger partial charge on any atom is -0.394 e. The molecule has 1 aromatic carbocycles. The highest BCUT2D eigenvalue weighted by Crippen LogP contribution is 2.29. The van der Waals surface area contributed by atoms with Crippen molar-refractivity contribution >= 4 is 22.1 Å². The highest BCUT2D eigenvalue weighted by Gasteiger charge is 2.56. The Morgan fingerprint density at radius 3 is 2.50 bits per heavy atom. The third-order valence-corrected chi connectivity index (χ3v) is 4.09. The van der Waals surface area contributed by atoms with Gasteiger partial charge in [0, 0.05) is 0 Å². The van der Waals surface area contributed by atoms with Gasteiger partial charge in [0.2, 0.25) is 0 Å². The zero-order valence-corrected chi connectivity index (χ0v) is 12.1. The fourth-order valence-corrected chi connectivity index (χ4v) is 2.97. The molecule has 0 aromatic heterocycles. The number of rotatable bonds is 6. The van der Waals surface area contributed by atoms with E-state index in [-0.39, 0.29) is 10.9 Å². The van der Waals surface area contributed by atoms with Crippen molar-refractivity contribution < 1.29 is 32.5 Å². The lowest BCUT2D eigenvalue weighted by Crippen LogP contribution is -2.68. The maximum Gasteiger partial charge on any atom is 0.362 e. The first-order valence-corrected chi connectivity index (χ1v) is 7.63. The number of amides is 2. The Bertz CT molecular complexity index is 661. The summed E-state index contributed by atoms with van der Waals surface area (Å²) < 4.78 is 30.8. The number of nitrogens with one attached hydrogen (secondary N) is 1. The number of nitrogens with zero attached hydrogens (tertiary/aromatic N) is 1. The van der Waals surface area contributed by atoms with Crippen LogP contribution in [0.2, 0.25) is 0 Å². The molecule has 0 bridgehead atoms. The monoisotopic (exact) mass is 330 g/mol. The lowest BCUT2D eigenvalue weighted by molar-refractivity contribution is -0.162. The zero-order chi connectivity index (χ0) is 16.3. The van der Waals surface area contributed by atoms with Crippen molar-refractivity contribution in [3.8, 4) is 0 Å². The summed E-state index contributed by atoms with van der Waals surface area (Å²) >= 11 is 0. The molecule has 22 heavy (non-hydrogen) atoms. The van der Waals surface area contributed by atoms with E-state index in [1.807, 2.05) is 11.5 Å². The van der Waals surface area contributed by atoms with Gasteiger partial charge in [-0.2, -0.15) is 8.42 Å². The van der Waals surface area contributed by atoms with E-state index in [0.717, 1.165) is 5.56 Å². The van der Waals surface area contributed by atoms with Crippen LogP contribution in [0.15, 0.2) is 30.3 Å². The normalized spacial score (nSPS) is 21.4. The highest BCUT2D eigenvalue weighted by atomic mass is 32.2. The highest BCUT2D eigenvalue weighted by molar-refractivity contribution is 7.84. The van der Waals surface area contributed by atoms with Crippen molar-refractivity contribution in [2.45, 2.75) is 12.6 Å². The van der Waals surface area contributed by atoms with Crippen molar-refractivity contribution in [1.82, 2.24) is 9.79 Å². The minimum absolute atomic E-state index is 0.0549. The molecule has 1 fully saturated rings. The van der Waals surface area contributed by atoms with Crippen LogP contribution < -0.4 is 5.48 Å². The van der Waals surface area contributed by atoms with Gasteiger partial charge in [-0.15, -0.1) is 0 Å². The fourth-order valence-electron chi connectivity index (χ4n) is 2.10. The number of aliphatic hydroxyl groups is 1. The quantitative estimate of drug-likeness (QED) is 0.260. The van der Waals surface area contributed by atoms with Gasteiger partial charge in [0.15, 0.2) is 0 Å². The van der Waals surface area contributed by atoms with Crippen LogP contribution >= 0.6 is 0 Å². The molecular weight excluding hydrogens is 316 g/mol. The summed E-state index contributed by atoms with van der Waals surface area (Å²) in [5.74, 6) is -3.44. The van der Waals surface area contributed by atoms with Gasteiger partial charge in [-0.3, -0.25) is 19.0 Å². The van der Waals surface area contributed by atoms with Gasteiger partial charge < -0.3 is 5.11 Å². The van der Waals surface area contributed by atoms with E-state index in [9.17, 15) is 18.0 Å². The SMILES string of the molecule is O=C(NOCc1ccccc1)[C@H]1C(=O)N(S(=O)(=O)O)[C@@H]1CO. The van der Waals surface area contributed by atoms with Crippen LogP contribution in [0.3, 0.4) is 0 Å². The summed E-state index contributed by atoms with van der Waals surface area (Å²) in [6, 6.07) is 7.55. The van der Waals surface area contributed by atoms with Crippen LogP contribution in [-0.4, -0.2) is 46.8 Å². The van der Waals surface area contributed by atoms with Gasteiger partial charge >= 0.3 is 10.3 Å². The first-order chi connectivity index (χ1) is 10.4. The average molecular weight is 330 g/mol.